The molecule has 1 aliphatic carbocycles. The van der Waals surface area contributed by atoms with Crippen LogP contribution < -0.4 is 5.32 Å². The number of carboxylic acids is 1. The molecule has 1 aromatic heterocycles. The van der Waals surface area contributed by atoms with E-state index in [2.05, 4.69) is 15.3 Å². The van der Waals surface area contributed by atoms with Crippen LogP contribution in [0.1, 0.15) is 52.9 Å². The summed E-state index contributed by atoms with van der Waals surface area (Å²) in [5.41, 5.74) is 3.77. The van der Waals surface area contributed by atoms with Gasteiger partial charge in [-0.25, -0.2) is 9.78 Å². The molecule has 0 saturated heterocycles. The third kappa shape index (κ3) is 5.03. The quantitative estimate of drug-likeness (QED) is 0.617. The van der Waals surface area contributed by atoms with E-state index >= 15 is 0 Å². The van der Waals surface area contributed by atoms with Gasteiger partial charge in [-0.2, -0.15) is 0 Å². The number of ketones is 1. The molecule has 1 aliphatic rings. The van der Waals surface area contributed by atoms with Crippen LogP contribution in [0.2, 0.25) is 0 Å². The fraction of sp³-hybridized carbons (Fsp3) is 0.400. The highest BCUT2D eigenvalue weighted by Crippen LogP contribution is 2.23. The molecule has 2 aromatic rings. The molecule has 0 spiro atoms. The van der Waals surface area contributed by atoms with Gasteiger partial charge in [0.15, 0.2) is 5.78 Å². The highest BCUT2D eigenvalue weighted by molar-refractivity contribution is 5.98. The number of aliphatic carboxylic acids is 1. The Balaban J connectivity index is 1.53. The second-order valence-electron chi connectivity index (χ2n) is 6.85. The number of Topliss-reactive ketones (excluding diaryl/α,β-unsaturated/α-hetero) is 1. The standard InChI is InChI=1S/C20H23N3O4/c24-18(15-6-5-13-3-1-2-4-14(13)9-15)7-8-19(25)23-17(20(26)27)10-16-11-21-12-22-16/h5-6,9,11-12,17H,1-4,7-8,10H2,(H,21,22)(H,23,25)(H,26,27). The van der Waals surface area contributed by atoms with Crippen molar-refractivity contribution in [3.8, 4) is 0 Å². The maximum absolute atomic E-state index is 12.4. The number of hydrogen-bond acceptors (Lipinski definition) is 4. The zero-order valence-corrected chi connectivity index (χ0v) is 15.0. The van der Waals surface area contributed by atoms with Crippen LogP contribution in [0.5, 0.6) is 0 Å². The van der Waals surface area contributed by atoms with Crippen LogP contribution in [-0.4, -0.2) is 38.8 Å². The lowest BCUT2D eigenvalue weighted by Crippen LogP contribution is -2.42. The Hall–Kier alpha value is -2.96. The number of aryl methyl sites for hydroxylation is 2. The second-order valence-corrected chi connectivity index (χ2v) is 6.85. The molecule has 1 atom stereocenters. The Morgan fingerprint density at radius 2 is 1.93 bits per heavy atom. The Morgan fingerprint density at radius 3 is 2.63 bits per heavy atom. The predicted octanol–water partition coefficient (Wildman–Crippen LogP) is 2.06. The van der Waals surface area contributed by atoms with Crippen molar-refractivity contribution < 1.29 is 19.5 Å². The first-order valence-corrected chi connectivity index (χ1v) is 9.17. The van der Waals surface area contributed by atoms with Crippen molar-refractivity contribution in [3.63, 3.8) is 0 Å². The first-order valence-electron chi connectivity index (χ1n) is 9.17. The topological polar surface area (TPSA) is 112 Å². The molecule has 3 rings (SSSR count). The monoisotopic (exact) mass is 369 g/mol. The molecule has 27 heavy (non-hydrogen) atoms. The second kappa shape index (κ2) is 8.62. The lowest BCUT2D eigenvalue weighted by Gasteiger charge is -2.16. The van der Waals surface area contributed by atoms with E-state index in [4.69, 9.17) is 0 Å². The van der Waals surface area contributed by atoms with E-state index in [9.17, 15) is 19.5 Å². The molecule has 0 radical (unpaired) electrons. The highest BCUT2D eigenvalue weighted by atomic mass is 16.4. The molecule has 0 fully saturated rings. The summed E-state index contributed by atoms with van der Waals surface area (Å²) in [4.78, 5) is 42.5. The lowest BCUT2D eigenvalue weighted by atomic mass is 9.89. The van der Waals surface area contributed by atoms with Crippen molar-refractivity contribution in [2.45, 2.75) is 51.0 Å². The molecular formula is C20H23N3O4. The van der Waals surface area contributed by atoms with Crippen LogP contribution >= 0.6 is 0 Å². The van der Waals surface area contributed by atoms with Crippen molar-refractivity contribution in [3.05, 3.63) is 53.1 Å². The number of aromatic nitrogens is 2. The van der Waals surface area contributed by atoms with E-state index in [1.807, 2.05) is 18.2 Å². The van der Waals surface area contributed by atoms with Gasteiger partial charge in [0.25, 0.3) is 0 Å². The molecule has 142 valence electrons. The third-order valence-corrected chi connectivity index (χ3v) is 4.86. The van der Waals surface area contributed by atoms with Crippen molar-refractivity contribution in [1.82, 2.24) is 15.3 Å². The van der Waals surface area contributed by atoms with Gasteiger partial charge in [0.2, 0.25) is 5.91 Å². The summed E-state index contributed by atoms with van der Waals surface area (Å²) >= 11 is 0. The van der Waals surface area contributed by atoms with Gasteiger partial charge in [-0.05, 0) is 42.9 Å². The number of aromatic amines is 1. The zero-order valence-electron chi connectivity index (χ0n) is 15.0. The molecule has 0 saturated carbocycles. The number of benzene rings is 1. The maximum atomic E-state index is 12.4. The summed E-state index contributed by atoms with van der Waals surface area (Å²) < 4.78 is 0. The molecule has 0 aliphatic heterocycles. The zero-order chi connectivity index (χ0) is 19.2. The number of fused-ring (bicyclic) bond motifs is 1. The van der Waals surface area contributed by atoms with Gasteiger partial charge in [0.1, 0.15) is 6.04 Å². The summed E-state index contributed by atoms with van der Waals surface area (Å²) in [6.07, 6.45) is 7.46. The summed E-state index contributed by atoms with van der Waals surface area (Å²) in [6.45, 7) is 0. The average Bonchev–Trinajstić information content (AvgIpc) is 3.18. The van der Waals surface area contributed by atoms with Crippen molar-refractivity contribution in [2.24, 2.45) is 0 Å². The summed E-state index contributed by atoms with van der Waals surface area (Å²) in [5.74, 6) is -1.67. The number of hydrogen-bond donors (Lipinski definition) is 3. The van der Waals surface area contributed by atoms with Crippen molar-refractivity contribution in [1.29, 1.82) is 0 Å². The van der Waals surface area contributed by atoms with Crippen LogP contribution in [-0.2, 0) is 28.9 Å². The number of imidazole rings is 1. The van der Waals surface area contributed by atoms with Crippen LogP contribution in [0.3, 0.4) is 0 Å². The average molecular weight is 369 g/mol. The van der Waals surface area contributed by atoms with E-state index in [1.165, 1.54) is 30.1 Å². The minimum absolute atomic E-state index is 0.0390. The number of amides is 1. The molecule has 1 unspecified atom stereocenters. The van der Waals surface area contributed by atoms with E-state index < -0.39 is 17.9 Å². The van der Waals surface area contributed by atoms with Crippen LogP contribution in [0.4, 0.5) is 0 Å². The number of nitrogens with one attached hydrogen (secondary N) is 2. The molecule has 1 heterocycles. The molecule has 1 amide bonds. The summed E-state index contributed by atoms with van der Waals surface area (Å²) in [7, 11) is 0. The van der Waals surface area contributed by atoms with Gasteiger partial charge in [0, 0.05) is 36.7 Å². The van der Waals surface area contributed by atoms with Crippen molar-refractivity contribution >= 4 is 17.7 Å². The molecule has 1 aromatic carbocycles. The smallest absolute Gasteiger partial charge is 0.326 e. The Labute approximate surface area is 157 Å². The van der Waals surface area contributed by atoms with Crippen LogP contribution in [0, 0.1) is 0 Å². The maximum Gasteiger partial charge on any atom is 0.326 e. The highest BCUT2D eigenvalue weighted by Gasteiger charge is 2.21. The number of carbonyl (C=O) groups excluding carboxylic acids is 2. The predicted molar refractivity (Wildman–Crippen MR) is 98.5 cm³/mol. The first-order chi connectivity index (χ1) is 13.0. The Kier molecular flexibility index (Phi) is 6.01. The van der Waals surface area contributed by atoms with E-state index in [-0.39, 0.29) is 25.0 Å². The minimum atomic E-state index is -1.13. The van der Waals surface area contributed by atoms with Gasteiger partial charge < -0.3 is 15.4 Å². The van der Waals surface area contributed by atoms with Gasteiger partial charge in [0.05, 0.1) is 6.33 Å². The third-order valence-electron chi connectivity index (χ3n) is 4.86. The molecule has 3 N–H and O–H groups in total. The summed E-state index contributed by atoms with van der Waals surface area (Å²) in [6, 6.07) is 4.71. The van der Waals surface area contributed by atoms with Crippen molar-refractivity contribution in [2.75, 3.05) is 0 Å². The molecule has 0 bridgehead atoms. The first kappa shape index (κ1) is 18.8. The van der Waals surface area contributed by atoms with E-state index in [0.717, 1.165) is 19.3 Å². The number of rotatable bonds is 8. The number of carbonyl (C=O) groups is 3. The van der Waals surface area contributed by atoms with Gasteiger partial charge in [-0.15, -0.1) is 0 Å². The summed E-state index contributed by atoms with van der Waals surface area (Å²) in [5, 5.41) is 11.7. The number of carboxylic acid groups (broad SMARTS) is 1. The van der Waals surface area contributed by atoms with Crippen LogP contribution in [0.25, 0.3) is 0 Å². The largest absolute Gasteiger partial charge is 0.480 e. The minimum Gasteiger partial charge on any atom is -0.480 e. The number of nitrogens with zero attached hydrogens (tertiary/aromatic N) is 1. The van der Waals surface area contributed by atoms with Gasteiger partial charge in [-0.3, -0.25) is 9.59 Å². The molecular weight excluding hydrogens is 346 g/mol. The Bertz CT molecular complexity index is 830. The lowest BCUT2D eigenvalue weighted by molar-refractivity contribution is -0.141. The fourth-order valence-electron chi connectivity index (χ4n) is 3.36. The Morgan fingerprint density at radius 1 is 1.15 bits per heavy atom. The molecule has 7 heteroatoms. The van der Waals surface area contributed by atoms with E-state index in [1.54, 1.807) is 0 Å². The number of H-pyrrole nitrogens is 1. The SMILES string of the molecule is O=C(CCC(=O)c1ccc2c(c1)CCCC2)NC(Cc1cnc[nH]1)C(=O)O. The van der Waals surface area contributed by atoms with Gasteiger partial charge in [-0.1, -0.05) is 12.1 Å². The fourth-order valence-corrected chi connectivity index (χ4v) is 3.36. The van der Waals surface area contributed by atoms with Gasteiger partial charge >= 0.3 is 5.97 Å². The molecule has 7 nitrogen and oxygen atoms in total. The normalized spacial score (nSPS) is 14.2. The van der Waals surface area contributed by atoms with Crippen LogP contribution in [0.15, 0.2) is 30.7 Å². The van der Waals surface area contributed by atoms with E-state index in [0.29, 0.717) is 11.3 Å².